The number of nitrogens with one attached hydrogen (secondary N) is 1. The Morgan fingerprint density at radius 2 is 2.25 bits per heavy atom. The Morgan fingerprint density at radius 3 is 2.85 bits per heavy atom. The molecule has 5 nitrogen and oxygen atoms in total. The maximum absolute atomic E-state index is 12.3. The molecule has 1 amide bonds. The number of carbonyl (C=O) groups excluding carboxylic acids is 1. The summed E-state index contributed by atoms with van der Waals surface area (Å²) >= 11 is 3.34. The molecule has 0 bridgehead atoms. The second kappa shape index (κ2) is 6.56. The SMILES string of the molecule is COc1ccc(Br)c(C(=O)NC2CC(O)C(CO)C2)c1. The molecule has 3 N–H and O–H groups in total. The zero-order chi connectivity index (χ0) is 14.7. The predicted molar refractivity (Wildman–Crippen MR) is 77.8 cm³/mol. The Balaban J connectivity index is 2.06. The third-order valence-electron chi connectivity index (χ3n) is 3.65. The Bertz CT molecular complexity index is 494. The van der Waals surface area contributed by atoms with Crippen LogP contribution in [0, 0.1) is 5.92 Å². The third-order valence-corrected chi connectivity index (χ3v) is 4.34. The molecule has 3 atom stereocenters. The average molecular weight is 344 g/mol. The van der Waals surface area contributed by atoms with Gasteiger partial charge in [-0.15, -0.1) is 0 Å². The smallest absolute Gasteiger partial charge is 0.252 e. The van der Waals surface area contributed by atoms with E-state index in [9.17, 15) is 9.90 Å². The second-order valence-corrected chi connectivity index (χ2v) is 5.85. The Labute approximate surface area is 126 Å². The molecule has 0 spiro atoms. The number of aliphatic hydroxyl groups excluding tert-OH is 2. The van der Waals surface area contributed by atoms with Crippen molar-refractivity contribution in [2.45, 2.75) is 25.0 Å². The topological polar surface area (TPSA) is 78.8 Å². The van der Waals surface area contributed by atoms with Gasteiger partial charge in [-0.1, -0.05) is 0 Å². The Kier molecular flexibility index (Phi) is 5.01. The van der Waals surface area contributed by atoms with E-state index in [0.29, 0.717) is 28.6 Å². The van der Waals surface area contributed by atoms with Gasteiger partial charge in [0, 0.05) is 23.0 Å². The van der Waals surface area contributed by atoms with Crippen LogP contribution in [-0.2, 0) is 0 Å². The molecule has 1 aliphatic rings. The number of rotatable bonds is 4. The number of halogens is 1. The summed E-state index contributed by atoms with van der Waals surface area (Å²) in [4.78, 5) is 12.3. The van der Waals surface area contributed by atoms with Gasteiger partial charge >= 0.3 is 0 Å². The van der Waals surface area contributed by atoms with Crippen LogP contribution >= 0.6 is 15.9 Å². The lowest BCUT2D eigenvalue weighted by molar-refractivity contribution is 0.0903. The molecule has 0 heterocycles. The molecule has 20 heavy (non-hydrogen) atoms. The molecular formula is C14H18BrNO4. The summed E-state index contributed by atoms with van der Waals surface area (Å²) in [6.45, 7) is -0.0591. The van der Waals surface area contributed by atoms with Crippen LogP contribution in [0.25, 0.3) is 0 Å². The van der Waals surface area contributed by atoms with Crippen molar-refractivity contribution >= 4 is 21.8 Å². The monoisotopic (exact) mass is 343 g/mol. The van der Waals surface area contributed by atoms with Crippen LogP contribution in [0.2, 0.25) is 0 Å². The van der Waals surface area contributed by atoms with E-state index in [1.807, 2.05) is 0 Å². The standard InChI is InChI=1S/C14H18BrNO4/c1-20-10-2-3-12(15)11(6-10)14(19)16-9-4-8(7-17)13(18)5-9/h2-3,6,8-9,13,17-18H,4-5,7H2,1H3,(H,16,19). The van der Waals surface area contributed by atoms with E-state index in [-0.39, 0.29) is 24.5 Å². The maximum Gasteiger partial charge on any atom is 0.252 e. The largest absolute Gasteiger partial charge is 0.497 e. The van der Waals surface area contributed by atoms with Crippen molar-refractivity contribution in [3.8, 4) is 5.75 Å². The summed E-state index contributed by atoms with van der Waals surface area (Å²) in [5.74, 6) is 0.235. The van der Waals surface area contributed by atoms with Crippen molar-refractivity contribution < 1.29 is 19.7 Å². The van der Waals surface area contributed by atoms with Crippen LogP contribution < -0.4 is 10.1 Å². The number of aliphatic hydroxyl groups is 2. The zero-order valence-corrected chi connectivity index (χ0v) is 12.8. The van der Waals surface area contributed by atoms with Gasteiger partial charge in [0.1, 0.15) is 5.75 Å². The van der Waals surface area contributed by atoms with Gasteiger partial charge in [0.2, 0.25) is 0 Å². The summed E-state index contributed by atoms with van der Waals surface area (Å²) in [6.07, 6.45) is 0.503. The minimum absolute atomic E-state index is 0.0591. The first-order chi connectivity index (χ1) is 9.55. The fraction of sp³-hybridized carbons (Fsp3) is 0.500. The van der Waals surface area contributed by atoms with Crippen LogP contribution in [0.3, 0.4) is 0 Å². The molecule has 0 aliphatic heterocycles. The van der Waals surface area contributed by atoms with Gasteiger partial charge in [-0.2, -0.15) is 0 Å². The summed E-state index contributed by atoms with van der Waals surface area (Å²) in [7, 11) is 1.55. The maximum atomic E-state index is 12.3. The number of methoxy groups -OCH3 is 1. The highest BCUT2D eigenvalue weighted by Gasteiger charge is 2.33. The van der Waals surface area contributed by atoms with Gasteiger partial charge in [0.05, 0.1) is 18.8 Å². The van der Waals surface area contributed by atoms with Crippen LogP contribution in [0.1, 0.15) is 23.2 Å². The van der Waals surface area contributed by atoms with Gasteiger partial charge in [0.15, 0.2) is 0 Å². The number of hydrogen-bond acceptors (Lipinski definition) is 4. The molecule has 1 aliphatic carbocycles. The summed E-state index contributed by atoms with van der Waals surface area (Å²) in [5.41, 5.74) is 0.492. The van der Waals surface area contributed by atoms with E-state index < -0.39 is 6.10 Å². The van der Waals surface area contributed by atoms with Gasteiger partial charge in [0.25, 0.3) is 5.91 Å². The highest BCUT2D eigenvalue weighted by atomic mass is 79.9. The van der Waals surface area contributed by atoms with E-state index in [1.54, 1.807) is 25.3 Å². The molecule has 110 valence electrons. The summed E-state index contributed by atoms with van der Waals surface area (Å²) in [5, 5.41) is 21.7. The van der Waals surface area contributed by atoms with Crippen molar-refractivity contribution in [1.82, 2.24) is 5.32 Å². The highest BCUT2D eigenvalue weighted by Crippen LogP contribution is 2.27. The molecule has 6 heteroatoms. The number of carbonyl (C=O) groups is 1. The molecule has 3 unspecified atom stereocenters. The lowest BCUT2D eigenvalue weighted by atomic mass is 10.1. The first-order valence-electron chi connectivity index (χ1n) is 6.48. The molecule has 1 aromatic rings. The van der Waals surface area contributed by atoms with Crippen LogP contribution in [0.5, 0.6) is 5.75 Å². The molecule has 1 fully saturated rings. The molecule has 1 aromatic carbocycles. The fourth-order valence-corrected chi connectivity index (χ4v) is 2.91. The lowest BCUT2D eigenvalue weighted by Gasteiger charge is -2.14. The van der Waals surface area contributed by atoms with E-state index >= 15 is 0 Å². The first kappa shape index (κ1) is 15.3. The minimum Gasteiger partial charge on any atom is -0.497 e. The van der Waals surface area contributed by atoms with E-state index in [1.165, 1.54) is 0 Å². The number of amides is 1. The number of hydrogen-bond donors (Lipinski definition) is 3. The Morgan fingerprint density at radius 1 is 1.50 bits per heavy atom. The Hall–Kier alpha value is -1.11. The molecule has 2 rings (SSSR count). The van der Waals surface area contributed by atoms with Crippen molar-refractivity contribution in [2.75, 3.05) is 13.7 Å². The second-order valence-electron chi connectivity index (χ2n) is 5.00. The quantitative estimate of drug-likeness (QED) is 0.770. The zero-order valence-electron chi connectivity index (χ0n) is 11.2. The van der Waals surface area contributed by atoms with Crippen molar-refractivity contribution in [1.29, 1.82) is 0 Å². The van der Waals surface area contributed by atoms with Crippen LogP contribution in [-0.4, -0.2) is 42.0 Å². The third kappa shape index (κ3) is 3.31. The van der Waals surface area contributed by atoms with Gasteiger partial charge in [-0.3, -0.25) is 4.79 Å². The minimum atomic E-state index is -0.556. The fourth-order valence-electron chi connectivity index (χ4n) is 2.49. The number of ether oxygens (including phenoxy) is 1. The van der Waals surface area contributed by atoms with E-state index in [4.69, 9.17) is 9.84 Å². The molecule has 0 radical (unpaired) electrons. The molecular weight excluding hydrogens is 326 g/mol. The average Bonchev–Trinajstić information content (AvgIpc) is 2.79. The van der Waals surface area contributed by atoms with E-state index in [0.717, 1.165) is 0 Å². The van der Waals surface area contributed by atoms with E-state index in [2.05, 4.69) is 21.2 Å². The summed E-state index contributed by atoms with van der Waals surface area (Å²) in [6, 6.07) is 5.07. The molecule has 0 aromatic heterocycles. The van der Waals surface area contributed by atoms with Crippen molar-refractivity contribution in [3.05, 3.63) is 28.2 Å². The normalized spacial score (nSPS) is 25.5. The highest BCUT2D eigenvalue weighted by molar-refractivity contribution is 9.10. The predicted octanol–water partition coefficient (Wildman–Crippen LogP) is 1.32. The van der Waals surface area contributed by atoms with Crippen molar-refractivity contribution in [2.24, 2.45) is 5.92 Å². The molecule has 1 saturated carbocycles. The lowest BCUT2D eigenvalue weighted by Crippen LogP contribution is -2.33. The molecule has 0 saturated heterocycles. The van der Waals surface area contributed by atoms with Crippen molar-refractivity contribution in [3.63, 3.8) is 0 Å². The summed E-state index contributed by atoms with van der Waals surface area (Å²) < 4.78 is 5.80. The first-order valence-corrected chi connectivity index (χ1v) is 7.27. The van der Waals surface area contributed by atoms with Crippen LogP contribution in [0.15, 0.2) is 22.7 Å². The number of benzene rings is 1. The van der Waals surface area contributed by atoms with Gasteiger partial charge in [-0.05, 0) is 47.0 Å². The van der Waals surface area contributed by atoms with Crippen LogP contribution in [0.4, 0.5) is 0 Å². The van der Waals surface area contributed by atoms with Gasteiger partial charge < -0.3 is 20.3 Å². The van der Waals surface area contributed by atoms with Gasteiger partial charge in [-0.25, -0.2) is 0 Å².